The third-order valence-corrected chi connectivity index (χ3v) is 3.31. The third kappa shape index (κ3) is 1.99. The fourth-order valence-electron chi connectivity index (χ4n) is 1.86. The van der Waals surface area contributed by atoms with Gasteiger partial charge in [0, 0.05) is 6.04 Å². The van der Waals surface area contributed by atoms with E-state index >= 15 is 0 Å². The van der Waals surface area contributed by atoms with Crippen molar-refractivity contribution in [1.82, 2.24) is 0 Å². The Morgan fingerprint density at radius 2 is 1.79 bits per heavy atom. The first-order valence-corrected chi connectivity index (χ1v) is 5.63. The van der Waals surface area contributed by atoms with Crippen LogP contribution in [0.3, 0.4) is 0 Å². The molecule has 0 saturated heterocycles. The highest BCUT2D eigenvalue weighted by Crippen LogP contribution is 2.35. The van der Waals surface area contributed by atoms with Gasteiger partial charge in [0.05, 0.1) is 15.7 Å². The summed E-state index contributed by atoms with van der Waals surface area (Å²) in [7, 11) is 0. The number of hydrogen-bond acceptors (Lipinski definition) is 1. The van der Waals surface area contributed by atoms with Crippen LogP contribution in [0.15, 0.2) is 18.2 Å². The Kier molecular flexibility index (Phi) is 2.89. The van der Waals surface area contributed by atoms with Gasteiger partial charge in [0.15, 0.2) is 0 Å². The zero-order valence-electron chi connectivity index (χ0n) is 8.06. The van der Waals surface area contributed by atoms with Crippen LogP contribution in [0.25, 0.3) is 0 Å². The molecule has 0 radical (unpaired) electrons. The number of nitrogens with one attached hydrogen (secondary N) is 1. The number of hydrogen-bond donors (Lipinski definition) is 1. The molecule has 1 saturated carbocycles. The first kappa shape index (κ1) is 10.1. The third-order valence-electron chi connectivity index (χ3n) is 2.68. The Morgan fingerprint density at radius 3 is 2.29 bits per heavy atom. The number of halogens is 2. The minimum Gasteiger partial charge on any atom is -0.380 e. The smallest absolute Gasteiger partial charge is 0.0721 e. The molecule has 1 fully saturated rings. The van der Waals surface area contributed by atoms with E-state index in [-0.39, 0.29) is 0 Å². The SMILES string of the molecule is CC1CC(Nc2c(Cl)cccc2Cl)C1. The van der Waals surface area contributed by atoms with Crippen molar-refractivity contribution in [3.63, 3.8) is 0 Å². The molecule has 1 aromatic carbocycles. The molecule has 0 heterocycles. The maximum absolute atomic E-state index is 6.04. The lowest BCUT2D eigenvalue weighted by atomic mass is 9.82. The van der Waals surface area contributed by atoms with Crippen LogP contribution in [0.1, 0.15) is 19.8 Å². The summed E-state index contributed by atoms with van der Waals surface area (Å²) in [4.78, 5) is 0. The molecule has 0 unspecified atom stereocenters. The maximum atomic E-state index is 6.04. The molecule has 14 heavy (non-hydrogen) atoms. The molecule has 0 bridgehead atoms. The van der Waals surface area contributed by atoms with Crippen molar-refractivity contribution in [3.8, 4) is 0 Å². The van der Waals surface area contributed by atoms with Crippen LogP contribution in [0.4, 0.5) is 5.69 Å². The highest BCUT2D eigenvalue weighted by molar-refractivity contribution is 6.39. The van der Waals surface area contributed by atoms with E-state index < -0.39 is 0 Å². The van der Waals surface area contributed by atoms with Crippen molar-refractivity contribution >= 4 is 28.9 Å². The van der Waals surface area contributed by atoms with E-state index in [4.69, 9.17) is 23.2 Å². The lowest BCUT2D eigenvalue weighted by Gasteiger charge is -2.34. The Hall–Kier alpha value is -0.400. The summed E-state index contributed by atoms with van der Waals surface area (Å²) >= 11 is 12.1. The van der Waals surface area contributed by atoms with Gasteiger partial charge in [-0.3, -0.25) is 0 Å². The largest absolute Gasteiger partial charge is 0.380 e. The van der Waals surface area contributed by atoms with Crippen molar-refractivity contribution < 1.29 is 0 Å². The van der Waals surface area contributed by atoms with Crippen molar-refractivity contribution in [3.05, 3.63) is 28.2 Å². The first-order chi connectivity index (χ1) is 6.66. The molecule has 1 aromatic rings. The van der Waals surface area contributed by atoms with Gasteiger partial charge >= 0.3 is 0 Å². The van der Waals surface area contributed by atoms with Gasteiger partial charge in [-0.05, 0) is 30.9 Å². The summed E-state index contributed by atoms with van der Waals surface area (Å²) in [6.07, 6.45) is 2.42. The molecule has 1 N–H and O–H groups in total. The maximum Gasteiger partial charge on any atom is 0.0721 e. The van der Waals surface area contributed by atoms with Gasteiger partial charge < -0.3 is 5.32 Å². The molecule has 0 spiro atoms. The summed E-state index contributed by atoms with van der Waals surface area (Å²) in [5.41, 5.74) is 0.882. The second-order valence-corrected chi connectivity index (χ2v) is 4.83. The fraction of sp³-hybridized carbons (Fsp3) is 0.455. The summed E-state index contributed by atoms with van der Waals surface area (Å²) in [6.45, 7) is 2.26. The van der Waals surface area contributed by atoms with E-state index in [1.807, 2.05) is 18.2 Å². The van der Waals surface area contributed by atoms with Crippen LogP contribution in [0.2, 0.25) is 10.0 Å². The van der Waals surface area contributed by atoms with Gasteiger partial charge in [-0.1, -0.05) is 36.2 Å². The second-order valence-electron chi connectivity index (χ2n) is 4.01. The van der Waals surface area contributed by atoms with E-state index in [1.165, 1.54) is 12.8 Å². The van der Waals surface area contributed by atoms with E-state index in [1.54, 1.807) is 0 Å². The van der Waals surface area contributed by atoms with E-state index in [0.29, 0.717) is 16.1 Å². The molecule has 0 aliphatic heterocycles. The predicted octanol–water partition coefficient (Wildman–Crippen LogP) is 4.20. The number of anilines is 1. The zero-order valence-corrected chi connectivity index (χ0v) is 9.57. The Morgan fingerprint density at radius 1 is 1.21 bits per heavy atom. The van der Waals surface area contributed by atoms with Crippen molar-refractivity contribution in [2.75, 3.05) is 5.32 Å². The first-order valence-electron chi connectivity index (χ1n) is 4.87. The monoisotopic (exact) mass is 229 g/mol. The van der Waals surface area contributed by atoms with Gasteiger partial charge in [0.25, 0.3) is 0 Å². The Labute approximate surface area is 94.4 Å². The van der Waals surface area contributed by atoms with Crippen LogP contribution in [-0.2, 0) is 0 Å². The van der Waals surface area contributed by atoms with Gasteiger partial charge in [-0.25, -0.2) is 0 Å². The quantitative estimate of drug-likeness (QED) is 0.802. The number of para-hydroxylation sites is 1. The van der Waals surface area contributed by atoms with Gasteiger partial charge in [-0.15, -0.1) is 0 Å². The summed E-state index contributed by atoms with van der Waals surface area (Å²) in [6, 6.07) is 6.12. The number of rotatable bonds is 2. The molecule has 1 aliphatic rings. The van der Waals surface area contributed by atoms with Crippen LogP contribution in [-0.4, -0.2) is 6.04 Å². The van der Waals surface area contributed by atoms with Gasteiger partial charge in [0.1, 0.15) is 0 Å². The molecule has 1 nitrogen and oxygen atoms in total. The molecule has 1 aliphatic carbocycles. The highest BCUT2D eigenvalue weighted by Gasteiger charge is 2.25. The molecule has 0 amide bonds. The fourth-order valence-corrected chi connectivity index (χ4v) is 2.37. The average molecular weight is 230 g/mol. The van der Waals surface area contributed by atoms with Gasteiger partial charge in [0.2, 0.25) is 0 Å². The topological polar surface area (TPSA) is 12.0 Å². The van der Waals surface area contributed by atoms with E-state index in [0.717, 1.165) is 11.6 Å². The van der Waals surface area contributed by atoms with Crippen molar-refractivity contribution in [2.24, 2.45) is 5.92 Å². The lowest BCUT2D eigenvalue weighted by molar-refractivity contribution is 0.309. The molecular weight excluding hydrogens is 217 g/mol. The second kappa shape index (κ2) is 4.00. The summed E-state index contributed by atoms with van der Waals surface area (Å²) in [5.74, 6) is 0.828. The minimum atomic E-state index is 0.544. The Balaban J connectivity index is 2.09. The normalized spacial score (nSPS) is 25.6. The highest BCUT2D eigenvalue weighted by atomic mass is 35.5. The van der Waals surface area contributed by atoms with Crippen LogP contribution in [0.5, 0.6) is 0 Å². The standard InChI is InChI=1S/C11H13Cl2N/c1-7-5-8(6-7)14-11-9(12)3-2-4-10(11)13/h2-4,7-8,14H,5-6H2,1H3. The molecule has 2 rings (SSSR count). The van der Waals surface area contributed by atoms with Crippen LogP contribution >= 0.6 is 23.2 Å². The molecule has 0 aromatic heterocycles. The van der Waals surface area contributed by atoms with E-state index in [9.17, 15) is 0 Å². The Bertz CT molecular complexity index is 312. The summed E-state index contributed by atoms with van der Waals surface area (Å²) in [5, 5.41) is 4.79. The van der Waals surface area contributed by atoms with Gasteiger partial charge in [-0.2, -0.15) is 0 Å². The number of benzene rings is 1. The zero-order chi connectivity index (χ0) is 10.1. The average Bonchev–Trinajstić information content (AvgIpc) is 2.08. The molecule has 3 heteroatoms. The predicted molar refractivity (Wildman–Crippen MR) is 62.3 cm³/mol. The summed E-state index contributed by atoms with van der Waals surface area (Å²) < 4.78 is 0. The molecule has 76 valence electrons. The molecule has 0 atom stereocenters. The minimum absolute atomic E-state index is 0.544. The van der Waals surface area contributed by atoms with Crippen LogP contribution in [0, 0.1) is 5.92 Å². The van der Waals surface area contributed by atoms with Crippen LogP contribution < -0.4 is 5.32 Å². The van der Waals surface area contributed by atoms with E-state index in [2.05, 4.69) is 12.2 Å². The lowest BCUT2D eigenvalue weighted by Crippen LogP contribution is -2.33. The van der Waals surface area contributed by atoms with Crippen molar-refractivity contribution in [1.29, 1.82) is 0 Å². The van der Waals surface area contributed by atoms with Crippen molar-refractivity contribution in [2.45, 2.75) is 25.8 Å². The molecular formula is C11H13Cl2N.